The van der Waals surface area contributed by atoms with E-state index >= 15 is 0 Å². The third-order valence-corrected chi connectivity index (χ3v) is 8.20. The fraction of sp³-hybridized carbons (Fsp3) is 0.297. The van der Waals surface area contributed by atoms with Crippen LogP contribution < -0.4 is 27.0 Å². The van der Waals surface area contributed by atoms with Gasteiger partial charge in [-0.2, -0.15) is 0 Å². The number of hydrogen-bond acceptors (Lipinski definition) is 5. The van der Waals surface area contributed by atoms with Crippen LogP contribution in [0.1, 0.15) is 57.6 Å². The standard InChI is InChI=1S/C37H44ClN5O2/c1-4-33(34(20-27-11-7-5-8-12-27)40-22-28-13-9-6-10-14-28)41-24-36(44)43-35(29-15-16-32(39)31(38)21-29)23-42-37(45)30-18-25(2)17-26(3)19-30/h5-19,21,33-35,40-41H,4,20,22-24,39H2,1-3H3,(H,42,45)(H,43,44). The van der Waals surface area contributed by atoms with E-state index in [-0.39, 0.29) is 37.0 Å². The second-order valence-corrected chi connectivity index (χ2v) is 12.0. The van der Waals surface area contributed by atoms with Gasteiger partial charge in [0.15, 0.2) is 0 Å². The van der Waals surface area contributed by atoms with Crippen LogP contribution in [0.5, 0.6) is 0 Å². The number of anilines is 1. The molecule has 4 aromatic rings. The normalized spacial score (nSPS) is 13.1. The predicted molar refractivity (Wildman–Crippen MR) is 184 cm³/mol. The van der Waals surface area contributed by atoms with Crippen LogP contribution >= 0.6 is 11.6 Å². The van der Waals surface area contributed by atoms with Crippen molar-refractivity contribution < 1.29 is 9.59 Å². The fourth-order valence-electron chi connectivity index (χ4n) is 5.52. The minimum absolute atomic E-state index is 0.0355. The van der Waals surface area contributed by atoms with E-state index < -0.39 is 6.04 Å². The molecule has 4 aromatic carbocycles. The van der Waals surface area contributed by atoms with E-state index in [9.17, 15) is 9.59 Å². The molecular weight excluding hydrogens is 582 g/mol. The van der Waals surface area contributed by atoms with Gasteiger partial charge in [0.05, 0.1) is 23.3 Å². The molecular formula is C37H44ClN5O2. The minimum Gasteiger partial charge on any atom is -0.398 e. The second kappa shape index (κ2) is 16.8. The zero-order chi connectivity index (χ0) is 32.2. The lowest BCUT2D eigenvalue weighted by molar-refractivity contribution is -0.121. The molecule has 0 aliphatic carbocycles. The lowest BCUT2D eigenvalue weighted by atomic mass is 9.97. The summed E-state index contributed by atoms with van der Waals surface area (Å²) in [6.45, 7) is 7.07. The van der Waals surface area contributed by atoms with Gasteiger partial charge in [-0.15, -0.1) is 0 Å². The van der Waals surface area contributed by atoms with Gasteiger partial charge in [-0.3, -0.25) is 9.59 Å². The summed E-state index contributed by atoms with van der Waals surface area (Å²) >= 11 is 6.34. The molecule has 45 heavy (non-hydrogen) atoms. The van der Waals surface area contributed by atoms with Crippen LogP contribution in [-0.2, 0) is 17.8 Å². The highest BCUT2D eigenvalue weighted by Crippen LogP contribution is 2.24. The van der Waals surface area contributed by atoms with Crippen LogP contribution in [0.4, 0.5) is 5.69 Å². The highest BCUT2D eigenvalue weighted by Gasteiger charge is 2.23. The van der Waals surface area contributed by atoms with Gasteiger partial charge < -0.3 is 27.0 Å². The maximum absolute atomic E-state index is 13.4. The molecule has 2 amide bonds. The first-order chi connectivity index (χ1) is 21.7. The summed E-state index contributed by atoms with van der Waals surface area (Å²) in [4.78, 5) is 26.4. The van der Waals surface area contributed by atoms with Gasteiger partial charge in [0.2, 0.25) is 5.91 Å². The first kappa shape index (κ1) is 33.7. The fourth-order valence-corrected chi connectivity index (χ4v) is 5.71. The average molecular weight is 626 g/mol. The Morgan fingerprint density at radius 2 is 1.44 bits per heavy atom. The molecule has 0 radical (unpaired) electrons. The number of halogens is 1. The van der Waals surface area contributed by atoms with Crippen molar-refractivity contribution in [1.29, 1.82) is 0 Å². The van der Waals surface area contributed by atoms with Crippen LogP contribution in [0, 0.1) is 13.8 Å². The number of aryl methyl sites for hydroxylation is 2. The second-order valence-electron chi connectivity index (χ2n) is 11.5. The largest absolute Gasteiger partial charge is 0.398 e. The maximum Gasteiger partial charge on any atom is 0.251 e. The van der Waals surface area contributed by atoms with E-state index in [2.05, 4.69) is 52.5 Å². The van der Waals surface area contributed by atoms with Gasteiger partial charge >= 0.3 is 0 Å². The Kier molecular flexibility index (Phi) is 12.6. The third-order valence-electron chi connectivity index (χ3n) is 7.87. The van der Waals surface area contributed by atoms with Crippen molar-refractivity contribution in [2.45, 2.75) is 58.3 Å². The number of nitrogens with one attached hydrogen (secondary N) is 4. The number of hydrogen-bond donors (Lipinski definition) is 5. The molecule has 0 aliphatic rings. The van der Waals surface area contributed by atoms with Crippen LogP contribution in [-0.4, -0.2) is 37.0 Å². The van der Waals surface area contributed by atoms with E-state index in [0.29, 0.717) is 16.3 Å². The zero-order valence-corrected chi connectivity index (χ0v) is 27.0. The minimum atomic E-state index is -0.511. The summed E-state index contributed by atoms with van der Waals surface area (Å²) in [7, 11) is 0. The highest BCUT2D eigenvalue weighted by atomic mass is 35.5. The van der Waals surface area contributed by atoms with E-state index in [1.165, 1.54) is 11.1 Å². The number of benzene rings is 4. The number of nitrogens with two attached hydrogens (primary N) is 1. The highest BCUT2D eigenvalue weighted by molar-refractivity contribution is 6.33. The van der Waals surface area contributed by atoms with Gasteiger partial charge in [-0.1, -0.05) is 102 Å². The van der Waals surface area contributed by atoms with Crippen molar-refractivity contribution in [1.82, 2.24) is 21.3 Å². The Hall–Kier alpha value is -4.17. The first-order valence-electron chi connectivity index (χ1n) is 15.5. The van der Waals surface area contributed by atoms with Crippen molar-refractivity contribution in [3.63, 3.8) is 0 Å². The average Bonchev–Trinajstić information content (AvgIpc) is 3.03. The van der Waals surface area contributed by atoms with E-state index in [4.69, 9.17) is 17.3 Å². The Balaban J connectivity index is 1.44. The van der Waals surface area contributed by atoms with Gasteiger partial charge in [-0.25, -0.2) is 0 Å². The first-order valence-corrected chi connectivity index (χ1v) is 15.8. The van der Waals surface area contributed by atoms with Gasteiger partial charge in [0.1, 0.15) is 0 Å². The van der Waals surface area contributed by atoms with Crippen molar-refractivity contribution >= 4 is 29.1 Å². The molecule has 6 N–H and O–H groups in total. The van der Waals surface area contributed by atoms with E-state index in [1.54, 1.807) is 12.1 Å². The zero-order valence-electron chi connectivity index (χ0n) is 26.3. The van der Waals surface area contributed by atoms with Gasteiger partial charge in [-0.05, 0) is 67.6 Å². The van der Waals surface area contributed by atoms with E-state index in [1.807, 2.05) is 74.5 Å². The summed E-state index contributed by atoms with van der Waals surface area (Å²) in [6.07, 6.45) is 1.65. The van der Waals surface area contributed by atoms with Gasteiger partial charge in [0.25, 0.3) is 5.91 Å². The molecule has 0 saturated carbocycles. The molecule has 0 spiro atoms. The number of amides is 2. The molecule has 4 rings (SSSR count). The molecule has 0 fully saturated rings. The van der Waals surface area contributed by atoms with Crippen LogP contribution in [0.2, 0.25) is 5.02 Å². The number of carbonyl (C=O) groups excluding carboxylic acids is 2. The molecule has 0 saturated heterocycles. The van der Waals surface area contributed by atoms with E-state index in [0.717, 1.165) is 36.1 Å². The molecule has 3 atom stereocenters. The third kappa shape index (κ3) is 10.5. The maximum atomic E-state index is 13.4. The molecule has 8 heteroatoms. The quantitative estimate of drug-likeness (QED) is 0.106. The van der Waals surface area contributed by atoms with Crippen molar-refractivity contribution in [3.05, 3.63) is 135 Å². The molecule has 0 bridgehead atoms. The van der Waals surface area contributed by atoms with Crippen molar-refractivity contribution in [2.75, 3.05) is 18.8 Å². The molecule has 236 valence electrons. The number of carbonyl (C=O) groups is 2. The number of nitrogen functional groups attached to an aromatic ring is 1. The Labute approximate surface area is 272 Å². The van der Waals surface area contributed by atoms with Crippen LogP contribution in [0.3, 0.4) is 0 Å². The van der Waals surface area contributed by atoms with Crippen LogP contribution in [0.15, 0.2) is 97.1 Å². The van der Waals surface area contributed by atoms with Crippen molar-refractivity contribution in [2.24, 2.45) is 0 Å². The SMILES string of the molecule is CCC(NCC(=O)NC(CNC(=O)c1cc(C)cc(C)c1)c1ccc(N)c(Cl)c1)C(Cc1ccccc1)NCc1ccccc1. The predicted octanol–water partition coefficient (Wildman–Crippen LogP) is 5.90. The molecule has 0 aliphatic heterocycles. The lowest BCUT2D eigenvalue weighted by Gasteiger charge is -2.29. The summed E-state index contributed by atoms with van der Waals surface area (Å²) in [5, 5.41) is 13.7. The van der Waals surface area contributed by atoms with Crippen LogP contribution in [0.25, 0.3) is 0 Å². The number of rotatable bonds is 15. The summed E-state index contributed by atoms with van der Waals surface area (Å²) in [5.74, 6) is -0.395. The summed E-state index contributed by atoms with van der Waals surface area (Å²) in [6, 6.07) is 31.3. The molecule has 0 aromatic heterocycles. The van der Waals surface area contributed by atoms with Crippen molar-refractivity contribution in [3.8, 4) is 0 Å². The Bertz CT molecular complexity index is 1530. The summed E-state index contributed by atoms with van der Waals surface area (Å²) in [5.41, 5.74) is 12.2. The Morgan fingerprint density at radius 3 is 2.07 bits per heavy atom. The smallest absolute Gasteiger partial charge is 0.251 e. The monoisotopic (exact) mass is 625 g/mol. The van der Waals surface area contributed by atoms with Gasteiger partial charge in [0, 0.05) is 30.7 Å². The Morgan fingerprint density at radius 1 is 0.800 bits per heavy atom. The lowest BCUT2D eigenvalue weighted by Crippen LogP contribution is -2.51. The molecule has 0 heterocycles. The molecule has 7 nitrogen and oxygen atoms in total. The summed E-state index contributed by atoms with van der Waals surface area (Å²) < 4.78 is 0. The topological polar surface area (TPSA) is 108 Å². The molecule has 3 unspecified atom stereocenters.